The molecular formula is C8H11ClN2. The van der Waals surface area contributed by atoms with Gasteiger partial charge in [-0.2, -0.15) is 0 Å². The van der Waals surface area contributed by atoms with Crippen LogP contribution in [0.15, 0.2) is 23.5 Å². The van der Waals surface area contributed by atoms with Crippen LogP contribution in [0.4, 0.5) is 0 Å². The van der Waals surface area contributed by atoms with Crippen LogP contribution in [-0.2, 0) is 0 Å². The highest BCUT2D eigenvalue weighted by Gasteiger charge is 2.19. The van der Waals surface area contributed by atoms with E-state index in [0.717, 1.165) is 13.0 Å². The zero-order chi connectivity index (χ0) is 7.68. The number of rotatable bonds is 0. The highest BCUT2D eigenvalue weighted by atomic mass is 35.5. The second-order valence-corrected chi connectivity index (χ2v) is 3.27. The lowest BCUT2D eigenvalue weighted by molar-refractivity contribution is 0.628. The number of hydrogen-bond acceptors (Lipinski definition) is 2. The van der Waals surface area contributed by atoms with Gasteiger partial charge in [0, 0.05) is 12.2 Å². The number of alkyl halides is 1. The Morgan fingerprint density at radius 3 is 3.27 bits per heavy atom. The first-order valence-electron chi connectivity index (χ1n) is 3.91. The minimum absolute atomic E-state index is 0.00259. The van der Waals surface area contributed by atoms with Gasteiger partial charge in [-0.1, -0.05) is 11.6 Å². The molecule has 0 radical (unpaired) electrons. The molecule has 11 heavy (non-hydrogen) atoms. The van der Waals surface area contributed by atoms with Crippen LogP contribution in [0.5, 0.6) is 0 Å². The van der Waals surface area contributed by atoms with E-state index in [0.29, 0.717) is 0 Å². The quantitative estimate of drug-likeness (QED) is 0.423. The van der Waals surface area contributed by atoms with Gasteiger partial charge in [-0.25, -0.2) is 0 Å². The number of allylic oxidation sites excluding steroid dienone is 1. The van der Waals surface area contributed by atoms with E-state index in [2.05, 4.69) is 10.6 Å². The molecule has 0 spiro atoms. The molecule has 0 aliphatic carbocycles. The number of hydrogen-bond donors (Lipinski definition) is 2. The van der Waals surface area contributed by atoms with Gasteiger partial charge in [0.15, 0.2) is 0 Å². The predicted octanol–water partition coefficient (Wildman–Crippen LogP) is 1.31. The lowest BCUT2D eigenvalue weighted by Crippen LogP contribution is -2.32. The minimum atomic E-state index is 0.00259. The van der Waals surface area contributed by atoms with E-state index < -0.39 is 0 Å². The van der Waals surface area contributed by atoms with E-state index in [1.54, 1.807) is 0 Å². The minimum Gasteiger partial charge on any atom is -0.385 e. The van der Waals surface area contributed by atoms with E-state index in [-0.39, 0.29) is 5.50 Å². The Kier molecular flexibility index (Phi) is 1.78. The van der Waals surface area contributed by atoms with Crippen LogP contribution >= 0.6 is 11.6 Å². The summed E-state index contributed by atoms with van der Waals surface area (Å²) in [7, 11) is 0. The average molecular weight is 171 g/mol. The molecule has 0 saturated carbocycles. The van der Waals surface area contributed by atoms with Gasteiger partial charge in [0.05, 0.1) is 0 Å². The number of halogens is 1. The van der Waals surface area contributed by atoms with Crippen LogP contribution in [0.3, 0.4) is 0 Å². The average Bonchev–Trinajstić information content (AvgIpc) is 2.06. The lowest BCUT2D eigenvalue weighted by atomic mass is 10.0. The number of dihydropyridines is 1. The third kappa shape index (κ3) is 1.23. The van der Waals surface area contributed by atoms with Crippen LogP contribution in [-0.4, -0.2) is 12.0 Å². The Hall–Kier alpha value is -0.630. The van der Waals surface area contributed by atoms with Gasteiger partial charge >= 0.3 is 0 Å². The Bertz CT molecular complexity index is 220. The molecule has 2 heterocycles. The molecule has 2 nitrogen and oxygen atoms in total. The zero-order valence-corrected chi connectivity index (χ0v) is 6.99. The summed E-state index contributed by atoms with van der Waals surface area (Å²) in [6.45, 7) is 1.08. The summed E-state index contributed by atoms with van der Waals surface area (Å²) in [6.07, 6.45) is 6.26. The van der Waals surface area contributed by atoms with Crippen LogP contribution in [0.2, 0.25) is 0 Å². The maximum atomic E-state index is 6.03. The van der Waals surface area contributed by atoms with Gasteiger partial charge < -0.3 is 10.6 Å². The molecule has 0 bridgehead atoms. The second-order valence-electron chi connectivity index (χ2n) is 2.83. The van der Waals surface area contributed by atoms with Crippen molar-refractivity contribution in [2.45, 2.75) is 18.3 Å². The molecular weight excluding hydrogens is 160 g/mol. The lowest BCUT2D eigenvalue weighted by Gasteiger charge is -2.26. The molecule has 0 amide bonds. The monoisotopic (exact) mass is 170 g/mol. The summed E-state index contributed by atoms with van der Waals surface area (Å²) in [5, 5.41) is 6.39. The molecule has 2 rings (SSSR count). The largest absolute Gasteiger partial charge is 0.385 e. The van der Waals surface area contributed by atoms with Crippen LogP contribution in [0.25, 0.3) is 0 Å². The van der Waals surface area contributed by atoms with Crippen molar-refractivity contribution >= 4 is 11.6 Å². The fourth-order valence-electron chi connectivity index (χ4n) is 1.50. The van der Waals surface area contributed by atoms with Crippen molar-refractivity contribution in [3.63, 3.8) is 0 Å². The van der Waals surface area contributed by atoms with Crippen LogP contribution < -0.4 is 10.6 Å². The van der Waals surface area contributed by atoms with E-state index in [9.17, 15) is 0 Å². The van der Waals surface area contributed by atoms with Crippen molar-refractivity contribution in [3.8, 4) is 0 Å². The highest BCUT2D eigenvalue weighted by molar-refractivity contribution is 6.22. The summed E-state index contributed by atoms with van der Waals surface area (Å²) < 4.78 is 0. The molecule has 0 fully saturated rings. The molecule has 3 heteroatoms. The Balaban J connectivity index is 2.27. The van der Waals surface area contributed by atoms with Crippen molar-refractivity contribution in [3.05, 3.63) is 23.5 Å². The van der Waals surface area contributed by atoms with E-state index in [4.69, 9.17) is 11.6 Å². The molecule has 1 atom stereocenters. The SMILES string of the molecule is ClC1NC=CC2=C1CCCN2. The van der Waals surface area contributed by atoms with E-state index in [1.165, 1.54) is 17.7 Å². The molecule has 0 aromatic carbocycles. The van der Waals surface area contributed by atoms with Gasteiger partial charge in [-0.15, -0.1) is 0 Å². The van der Waals surface area contributed by atoms with Crippen LogP contribution in [0, 0.1) is 0 Å². The predicted molar refractivity (Wildman–Crippen MR) is 46.2 cm³/mol. The third-order valence-electron chi connectivity index (χ3n) is 2.08. The first-order chi connectivity index (χ1) is 5.38. The molecule has 0 saturated heterocycles. The molecule has 0 aromatic heterocycles. The van der Waals surface area contributed by atoms with Gasteiger partial charge in [0.1, 0.15) is 5.50 Å². The van der Waals surface area contributed by atoms with Crippen molar-refractivity contribution in [2.75, 3.05) is 6.54 Å². The molecule has 0 aromatic rings. The Morgan fingerprint density at radius 1 is 1.55 bits per heavy atom. The zero-order valence-electron chi connectivity index (χ0n) is 6.23. The summed E-state index contributed by atoms with van der Waals surface area (Å²) in [4.78, 5) is 0. The normalized spacial score (nSPS) is 29.0. The van der Waals surface area contributed by atoms with Gasteiger partial charge in [0.2, 0.25) is 0 Å². The van der Waals surface area contributed by atoms with Crippen molar-refractivity contribution < 1.29 is 0 Å². The van der Waals surface area contributed by atoms with E-state index in [1.807, 2.05) is 12.3 Å². The topological polar surface area (TPSA) is 24.1 Å². The Morgan fingerprint density at radius 2 is 2.45 bits per heavy atom. The van der Waals surface area contributed by atoms with Crippen LogP contribution in [0.1, 0.15) is 12.8 Å². The first-order valence-corrected chi connectivity index (χ1v) is 4.35. The smallest absolute Gasteiger partial charge is 0.125 e. The molecule has 1 unspecified atom stereocenters. The molecule has 2 aliphatic rings. The van der Waals surface area contributed by atoms with Crippen molar-refractivity contribution in [1.29, 1.82) is 0 Å². The maximum Gasteiger partial charge on any atom is 0.125 e. The Labute approximate surface area is 71.3 Å². The standard InChI is InChI=1S/C8H11ClN2/c9-8-6-2-1-4-10-7(6)3-5-11-8/h3,5,8,10-11H,1-2,4H2. The summed E-state index contributed by atoms with van der Waals surface area (Å²) in [5.41, 5.74) is 2.53. The number of nitrogens with one attached hydrogen (secondary N) is 2. The molecule has 2 N–H and O–H groups in total. The van der Waals surface area contributed by atoms with Gasteiger partial charge in [-0.3, -0.25) is 0 Å². The third-order valence-corrected chi connectivity index (χ3v) is 2.47. The van der Waals surface area contributed by atoms with E-state index >= 15 is 0 Å². The molecule has 60 valence electrons. The van der Waals surface area contributed by atoms with Gasteiger partial charge in [-0.05, 0) is 30.7 Å². The van der Waals surface area contributed by atoms with Crippen molar-refractivity contribution in [2.24, 2.45) is 0 Å². The van der Waals surface area contributed by atoms with Crippen molar-refractivity contribution in [1.82, 2.24) is 10.6 Å². The second kappa shape index (κ2) is 2.78. The highest BCUT2D eigenvalue weighted by Crippen LogP contribution is 2.23. The fourth-order valence-corrected chi connectivity index (χ4v) is 1.80. The fraction of sp³-hybridized carbons (Fsp3) is 0.500. The molecule has 2 aliphatic heterocycles. The maximum absolute atomic E-state index is 6.03. The van der Waals surface area contributed by atoms with Gasteiger partial charge in [0.25, 0.3) is 0 Å². The summed E-state index contributed by atoms with van der Waals surface area (Å²) in [5.74, 6) is 0. The summed E-state index contributed by atoms with van der Waals surface area (Å²) >= 11 is 6.03. The first kappa shape index (κ1) is 7.04. The summed E-state index contributed by atoms with van der Waals surface area (Å²) in [6, 6.07) is 0.